The second kappa shape index (κ2) is 3.51. The maximum absolute atomic E-state index is 10.3. The first-order chi connectivity index (χ1) is 5.70. The van der Waals surface area contributed by atoms with Gasteiger partial charge in [-0.1, -0.05) is 0 Å². The number of aliphatic hydroxyl groups is 2. The van der Waals surface area contributed by atoms with Crippen LogP contribution in [0.2, 0.25) is 0 Å². The third-order valence-electron chi connectivity index (χ3n) is 1.83. The first kappa shape index (κ1) is 8.95. The van der Waals surface area contributed by atoms with Crippen LogP contribution in [-0.2, 0) is 9.59 Å². The molecule has 0 radical (unpaired) electrons. The van der Waals surface area contributed by atoms with Gasteiger partial charge in [-0.15, -0.1) is 0 Å². The van der Waals surface area contributed by atoms with Crippen LogP contribution < -0.4 is 0 Å². The summed E-state index contributed by atoms with van der Waals surface area (Å²) in [5.41, 5.74) is 0. The third-order valence-corrected chi connectivity index (χ3v) is 1.83. The molecular formula is C6H10N2O4. The molecule has 0 aromatic heterocycles. The minimum Gasteiger partial charge on any atom is -0.369 e. The summed E-state index contributed by atoms with van der Waals surface area (Å²) in [4.78, 5) is 22.6. The average Bonchev–Trinajstić information content (AvgIpc) is 2.10. The van der Waals surface area contributed by atoms with Gasteiger partial charge < -0.3 is 20.0 Å². The topological polar surface area (TPSA) is 81.1 Å². The molecule has 0 saturated carbocycles. The zero-order chi connectivity index (χ0) is 9.14. The minimum absolute atomic E-state index is 0.237. The van der Waals surface area contributed by atoms with Crippen LogP contribution in [0.4, 0.5) is 0 Å². The fourth-order valence-electron chi connectivity index (χ4n) is 1.07. The lowest BCUT2D eigenvalue weighted by Crippen LogP contribution is -2.58. The quantitative estimate of drug-likeness (QED) is 0.455. The summed E-state index contributed by atoms with van der Waals surface area (Å²) in [5.74, 6) is 0. The van der Waals surface area contributed by atoms with Crippen molar-refractivity contribution in [2.45, 2.75) is 12.5 Å². The average molecular weight is 174 g/mol. The van der Waals surface area contributed by atoms with Gasteiger partial charge in [0.1, 0.15) is 0 Å². The molecule has 0 aromatic carbocycles. The highest BCUT2D eigenvalue weighted by atomic mass is 16.4. The smallest absolute Gasteiger partial charge is 0.211 e. The monoisotopic (exact) mass is 174 g/mol. The van der Waals surface area contributed by atoms with E-state index in [2.05, 4.69) is 0 Å². The van der Waals surface area contributed by atoms with E-state index in [-0.39, 0.29) is 13.1 Å². The summed E-state index contributed by atoms with van der Waals surface area (Å²) >= 11 is 0. The fourth-order valence-corrected chi connectivity index (χ4v) is 1.07. The lowest BCUT2D eigenvalue weighted by Gasteiger charge is -2.38. The number of piperazine rings is 1. The van der Waals surface area contributed by atoms with Gasteiger partial charge in [-0.3, -0.25) is 9.59 Å². The molecule has 0 aromatic rings. The largest absolute Gasteiger partial charge is 0.369 e. The summed E-state index contributed by atoms with van der Waals surface area (Å²) in [6.45, 7) is 0.473. The third kappa shape index (κ3) is 1.39. The Bertz CT molecular complexity index is 166. The van der Waals surface area contributed by atoms with Crippen molar-refractivity contribution in [1.29, 1.82) is 0 Å². The molecule has 1 aliphatic heterocycles. The van der Waals surface area contributed by atoms with Crippen LogP contribution in [-0.4, -0.2) is 58.4 Å². The van der Waals surface area contributed by atoms with E-state index >= 15 is 0 Å². The lowest BCUT2D eigenvalue weighted by atomic mass is 10.3. The van der Waals surface area contributed by atoms with Crippen LogP contribution in [0.25, 0.3) is 0 Å². The van der Waals surface area contributed by atoms with Gasteiger partial charge in [0.05, 0.1) is 0 Å². The van der Waals surface area contributed by atoms with Crippen LogP contribution in [0.1, 0.15) is 0 Å². The van der Waals surface area contributed by atoms with Crippen molar-refractivity contribution >= 4 is 12.8 Å². The number of nitrogens with zero attached hydrogens (tertiary/aromatic N) is 2. The standard InChI is InChI=1S/C6H10N2O4/c9-3-7-1-2-8(4-10)6(12)5(7)11/h3-6,11-12H,1-2H2/t5-,6+. The SMILES string of the molecule is O=CN1CCN(C=O)[C@@H](O)[C@H]1O. The fraction of sp³-hybridized carbons (Fsp3) is 0.667. The molecular weight excluding hydrogens is 164 g/mol. The molecule has 2 N–H and O–H groups in total. The van der Waals surface area contributed by atoms with Crippen molar-refractivity contribution in [3.05, 3.63) is 0 Å². The van der Waals surface area contributed by atoms with Crippen LogP contribution in [0, 0.1) is 0 Å². The Morgan fingerprint density at radius 2 is 1.33 bits per heavy atom. The van der Waals surface area contributed by atoms with E-state index in [9.17, 15) is 19.8 Å². The molecule has 1 fully saturated rings. The van der Waals surface area contributed by atoms with Gasteiger partial charge in [-0.25, -0.2) is 0 Å². The first-order valence-electron chi connectivity index (χ1n) is 3.49. The molecule has 2 amide bonds. The molecule has 68 valence electrons. The predicted molar refractivity (Wildman–Crippen MR) is 37.6 cm³/mol. The minimum atomic E-state index is -1.32. The highest BCUT2D eigenvalue weighted by molar-refractivity contribution is 5.51. The number of carbonyl (C=O) groups is 2. The van der Waals surface area contributed by atoms with Gasteiger partial charge in [0.25, 0.3) is 0 Å². The Morgan fingerprint density at radius 1 is 1.00 bits per heavy atom. The summed E-state index contributed by atoms with van der Waals surface area (Å²) in [6, 6.07) is 0. The van der Waals surface area contributed by atoms with Gasteiger partial charge in [-0.2, -0.15) is 0 Å². The molecule has 6 heteroatoms. The molecule has 0 aliphatic carbocycles. The number of rotatable bonds is 2. The molecule has 12 heavy (non-hydrogen) atoms. The van der Waals surface area contributed by atoms with Gasteiger partial charge in [0, 0.05) is 13.1 Å². The van der Waals surface area contributed by atoms with Gasteiger partial charge in [0.15, 0.2) is 12.5 Å². The van der Waals surface area contributed by atoms with Gasteiger partial charge in [-0.05, 0) is 0 Å². The van der Waals surface area contributed by atoms with E-state index in [4.69, 9.17) is 0 Å². The van der Waals surface area contributed by atoms with E-state index in [1.807, 2.05) is 0 Å². The molecule has 1 rings (SSSR count). The summed E-state index contributed by atoms with van der Waals surface area (Å²) in [5, 5.41) is 18.4. The van der Waals surface area contributed by atoms with E-state index in [1.54, 1.807) is 0 Å². The molecule has 1 saturated heterocycles. The van der Waals surface area contributed by atoms with E-state index < -0.39 is 12.5 Å². The zero-order valence-corrected chi connectivity index (χ0v) is 6.33. The van der Waals surface area contributed by atoms with Crippen LogP contribution in [0.15, 0.2) is 0 Å². The number of amides is 2. The first-order valence-corrected chi connectivity index (χ1v) is 3.49. The Kier molecular flexibility index (Phi) is 2.61. The van der Waals surface area contributed by atoms with Crippen molar-refractivity contribution in [3.63, 3.8) is 0 Å². The van der Waals surface area contributed by atoms with Gasteiger partial charge in [0.2, 0.25) is 12.8 Å². The highest BCUT2D eigenvalue weighted by Crippen LogP contribution is 2.09. The molecule has 1 aliphatic rings. The Hall–Kier alpha value is -1.14. The van der Waals surface area contributed by atoms with E-state index in [0.717, 1.165) is 9.80 Å². The predicted octanol–water partition coefficient (Wildman–Crippen LogP) is -2.45. The lowest BCUT2D eigenvalue weighted by molar-refractivity contribution is -0.181. The Labute approximate surface area is 69.0 Å². The molecule has 0 spiro atoms. The number of hydrogen-bond donors (Lipinski definition) is 2. The van der Waals surface area contributed by atoms with Crippen molar-refractivity contribution in [3.8, 4) is 0 Å². The molecule has 6 nitrogen and oxygen atoms in total. The van der Waals surface area contributed by atoms with Crippen LogP contribution >= 0.6 is 0 Å². The Morgan fingerprint density at radius 3 is 1.58 bits per heavy atom. The molecule has 0 unspecified atom stereocenters. The highest BCUT2D eigenvalue weighted by Gasteiger charge is 2.32. The van der Waals surface area contributed by atoms with Crippen molar-refractivity contribution < 1.29 is 19.8 Å². The van der Waals surface area contributed by atoms with Crippen molar-refractivity contribution in [2.24, 2.45) is 0 Å². The van der Waals surface area contributed by atoms with E-state index in [0.29, 0.717) is 12.8 Å². The van der Waals surface area contributed by atoms with E-state index in [1.165, 1.54) is 0 Å². The summed E-state index contributed by atoms with van der Waals surface area (Å²) in [6.07, 6.45) is -1.76. The summed E-state index contributed by atoms with van der Waals surface area (Å²) in [7, 11) is 0. The Balaban J connectivity index is 2.64. The van der Waals surface area contributed by atoms with Crippen LogP contribution in [0.3, 0.4) is 0 Å². The second-order valence-corrected chi connectivity index (χ2v) is 2.51. The zero-order valence-electron chi connectivity index (χ0n) is 6.33. The number of aliphatic hydroxyl groups excluding tert-OH is 2. The van der Waals surface area contributed by atoms with Gasteiger partial charge >= 0.3 is 0 Å². The maximum atomic E-state index is 10.3. The summed E-state index contributed by atoms with van der Waals surface area (Å²) < 4.78 is 0. The molecule has 1 heterocycles. The normalized spacial score (nSPS) is 30.2. The van der Waals surface area contributed by atoms with Crippen molar-refractivity contribution in [1.82, 2.24) is 9.80 Å². The maximum Gasteiger partial charge on any atom is 0.211 e. The molecule has 2 atom stereocenters. The second-order valence-electron chi connectivity index (χ2n) is 2.51. The van der Waals surface area contributed by atoms with Crippen LogP contribution in [0.5, 0.6) is 0 Å². The molecule has 0 bridgehead atoms. The van der Waals surface area contributed by atoms with Crippen molar-refractivity contribution in [2.75, 3.05) is 13.1 Å². The number of carbonyl (C=O) groups excluding carboxylic acids is 2. The number of hydrogen-bond acceptors (Lipinski definition) is 4.